The minimum Gasteiger partial charge on any atom is -0.476 e. The lowest BCUT2D eigenvalue weighted by Gasteiger charge is -2.19. The van der Waals surface area contributed by atoms with E-state index in [0.717, 1.165) is 0 Å². The fourth-order valence-corrected chi connectivity index (χ4v) is 1.93. The molecule has 0 saturated heterocycles. The summed E-state index contributed by atoms with van der Waals surface area (Å²) >= 11 is 0. The Hall–Kier alpha value is -3.18. The molecule has 1 heterocycles. The SMILES string of the molecule is CC(C)(C)OC(=O)NCCc1c(C(=O)O)nnn1CCC(=O)NC(N)=O. The predicted molar refractivity (Wildman–Crippen MR) is 87.3 cm³/mol. The summed E-state index contributed by atoms with van der Waals surface area (Å²) < 4.78 is 6.30. The number of carbonyl (C=O) groups excluding carboxylic acids is 3. The molecule has 1 rings (SSSR count). The standard InChI is InChI=1S/C14H22N6O6/c1-14(2,3)26-13(25)16-6-4-8-10(11(22)23)18-19-20(8)7-5-9(21)17-12(15)24/h4-7H2,1-3H3,(H,16,25)(H,22,23)(H3,15,17,21,24). The van der Waals surface area contributed by atoms with Crippen molar-refractivity contribution in [2.75, 3.05) is 6.54 Å². The van der Waals surface area contributed by atoms with Gasteiger partial charge in [-0.15, -0.1) is 5.10 Å². The molecular weight excluding hydrogens is 348 g/mol. The Morgan fingerprint density at radius 3 is 2.46 bits per heavy atom. The molecule has 0 radical (unpaired) electrons. The van der Waals surface area contributed by atoms with Gasteiger partial charge >= 0.3 is 18.1 Å². The van der Waals surface area contributed by atoms with Crippen LogP contribution < -0.4 is 16.4 Å². The summed E-state index contributed by atoms with van der Waals surface area (Å²) in [5.74, 6) is -1.92. The van der Waals surface area contributed by atoms with Crippen molar-refractivity contribution in [1.29, 1.82) is 0 Å². The number of alkyl carbamates (subject to hydrolysis) is 1. The Morgan fingerprint density at radius 1 is 1.27 bits per heavy atom. The highest BCUT2D eigenvalue weighted by molar-refractivity contribution is 5.93. The molecule has 1 aromatic rings. The Bertz CT molecular complexity index is 693. The van der Waals surface area contributed by atoms with Gasteiger partial charge in [0.25, 0.3) is 0 Å². The number of aromatic nitrogens is 3. The summed E-state index contributed by atoms with van der Waals surface area (Å²) in [4.78, 5) is 44.9. The second-order valence-electron chi connectivity index (χ2n) is 6.25. The van der Waals surface area contributed by atoms with E-state index in [9.17, 15) is 19.2 Å². The van der Waals surface area contributed by atoms with Gasteiger partial charge < -0.3 is 20.9 Å². The number of urea groups is 1. The third kappa shape index (κ3) is 7.15. The number of primary amides is 1. The van der Waals surface area contributed by atoms with Crippen molar-refractivity contribution in [3.8, 4) is 0 Å². The van der Waals surface area contributed by atoms with Gasteiger partial charge in [-0.05, 0) is 20.8 Å². The van der Waals surface area contributed by atoms with Crippen LogP contribution in [-0.2, 0) is 22.5 Å². The zero-order valence-corrected chi connectivity index (χ0v) is 14.7. The highest BCUT2D eigenvalue weighted by Gasteiger charge is 2.20. The molecule has 26 heavy (non-hydrogen) atoms. The molecular formula is C14H22N6O6. The van der Waals surface area contributed by atoms with Crippen LogP contribution >= 0.6 is 0 Å². The number of nitrogens with one attached hydrogen (secondary N) is 2. The molecule has 0 fully saturated rings. The first-order valence-corrected chi connectivity index (χ1v) is 7.71. The Labute approximate surface area is 149 Å². The Morgan fingerprint density at radius 2 is 1.92 bits per heavy atom. The van der Waals surface area contributed by atoms with Gasteiger partial charge in [0, 0.05) is 19.4 Å². The van der Waals surface area contributed by atoms with Gasteiger partial charge in [-0.3, -0.25) is 10.1 Å². The van der Waals surface area contributed by atoms with Gasteiger partial charge in [0.15, 0.2) is 5.69 Å². The summed E-state index contributed by atoms with van der Waals surface area (Å²) in [6.45, 7) is 5.21. The van der Waals surface area contributed by atoms with Crippen LogP contribution in [-0.4, -0.2) is 56.2 Å². The van der Waals surface area contributed by atoms with Gasteiger partial charge in [0.1, 0.15) is 5.60 Å². The van der Waals surface area contributed by atoms with Crippen molar-refractivity contribution in [2.45, 2.75) is 45.8 Å². The molecule has 0 bridgehead atoms. The number of aryl methyl sites for hydroxylation is 1. The van der Waals surface area contributed by atoms with Gasteiger partial charge in [-0.1, -0.05) is 5.21 Å². The molecule has 0 aromatic carbocycles. The van der Waals surface area contributed by atoms with E-state index in [1.807, 2.05) is 5.32 Å². The number of ether oxygens (including phenoxy) is 1. The topological polar surface area (TPSA) is 179 Å². The van der Waals surface area contributed by atoms with Gasteiger partial charge in [0.2, 0.25) is 5.91 Å². The second kappa shape index (κ2) is 8.78. The lowest BCUT2D eigenvalue weighted by atomic mass is 10.2. The number of carboxylic acid groups (broad SMARTS) is 1. The van der Waals surface area contributed by atoms with E-state index >= 15 is 0 Å². The number of imide groups is 1. The third-order valence-electron chi connectivity index (χ3n) is 2.88. The summed E-state index contributed by atoms with van der Waals surface area (Å²) in [6.07, 6.45) is -0.697. The van der Waals surface area contributed by atoms with Crippen molar-refractivity contribution < 1.29 is 29.0 Å². The fraction of sp³-hybridized carbons (Fsp3) is 0.571. The number of rotatable bonds is 7. The third-order valence-corrected chi connectivity index (χ3v) is 2.88. The van der Waals surface area contributed by atoms with Crippen molar-refractivity contribution in [3.63, 3.8) is 0 Å². The maximum absolute atomic E-state index is 11.6. The van der Waals surface area contributed by atoms with Crippen molar-refractivity contribution in [1.82, 2.24) is 25.6 Å². The number of carboxylic acids is 1. The van der Waals surface area contributed by atoms with Crippen LogP contribution in [0.3, 0.4) is 0 Å². The minimum absolute atomic E-state index is 0.0127. The first-order chi connectivity index (χ1) is 12.0. The second-order valence-corrected chi connectivity index (χ2v) is 6.25. The zero-order valence-electron chi connectivity index (χ0n) is 14.7. The molecule has 144 valence electrons. The smallest absolute Gasteiger partial charge is 0.407 e. The quantitative estimate of drug-likeness (QED) is 0.502. The van der Waals surface area contributed by atoms with Crippen LogP contribution in [0.4, 0.5) is 9.59 Å². The molecule has 0 spiro atoms. The van der Waals surface area contributed by atoms with Gasteiger partial charge in [-0.25, -0.2) is 19.1 Å². The number of amides is 4. The van der Waals surface area contributed by atoms with Crippen LogP contribution in [0, 0.1) is 0 Å². The largest absolute Gasteiger partial charge is 0.476 e. The summed E-state index contributed by atoms with van der Waals surface area (Å²) in [5.41, 5.74) is 4.12. The first-order valence-electron chi connectivity index (χ1n) is 7.71. The van der Waals surface area contributed by atoms with E-state index in [4.69, 9.17) is 15.6 Å². The molecule has 0 aliphatic heterocycles. The number of hydrogen-bond donors (Lipinski definition) is 4. The lowest BCUT2D eigenvalue weighted by Crippen LogP contribution is -2.35. The molecule has 1 aromatic heterocycles. The molecule has 0 aliphatic carbocycles. The van der Waals surface area contributed by atoms with E-state index in [0.29, 0.717) is 0 Å². The summed E-state index contributed by atoms with van der Waals surface area (Å²) in [5, 5.41) is 20.8. The fourth-order valence-electron chi connectivity index (χ4n) is 1.93. The van der Waals surface area contributed by atoms with Crippen LogP contribution in [0.5, 0.6) is 0 Å². The molecule has 0 aliphatic rings. The normalized spacial score (nSPS) is 10.9. The number of nitrogens with zero attached hydrogens (tertiary/aromatic N) is 3. The molecule has 0 atom stereocenters. The molecule has 12 heteroatoms. The Kier molecular flexibility index (Phi) is 7.05. The van der Waals surface area contributed by atoms with Crippen LogP contribution in [0.25, 0.3) is 0 Å². The molecule has 5 N–H and O–H groups in total. The van der Waals surface area contributed by atoms with Gasteiger partial charge in [-0.2, -0.15) is 0 Å². The number of carbonyl (C=O) groups is 4. The van der Waals surface area contributed by atoms with E-state index in [1.165, 1.54) is 4.68 Å². The van der Waals surface area contributed by atoms with E-state index in [1.54, 1.807) is 20.8 Å². The monoisotopic (exact) mass is 370 g/mol. The van der Waals surface area contributed by atoms with Gasteiger partial charge in [0.05, 0.1) is 12.2 Å². The van der Waals surface area contributed by atoms with Crippen LogP contribution in [0.1, 0.15) is 43.4 Å². The number of hydrogen-bond acceptors (Lipinski definition) is 7. The minimum atomic E-state index is -1.29. The maximum atomic E-state index is 11.6. The molecule has 12 nitrogen and oxygen atoms in total. The average Bonchev–Trinajstić information content (AvgIpc) is 2.85. The molecule has 4 amide bonds. The molecule has 0 saturated carbocycles. The highest BCUT2D eigenvalue weighted by Crippen LogP contribution is 2.09. The number of aromatic carboxylic acids is 1. The first kappa shape index (κ1) is 20.9. The van der Waals surface area contributed by atoms with E-state index in [-0.39, 0.29) is 37.3 Å². The average molecular weight is 370 g/mol. The van der Waals surface area contributed by atoms with E-state index < -0.39 is 29.6 Å². The highest BCUT2D eigenvalue weighted by atomic mass is 16.6. The van der Waals surface area contributed by atoms with Crippen molar-refractivity contribution in [2.24, 2.45) is 5.73 Å². The van der Waals surface area contributed by atoms with Crippen LogP contribution in [0.2, 0.25) is 0 Å². The zero-order chi connectivity index (χ0) is 19.9. The predicted octanol–water partition coefficient (Wildman–Crippen LogP) is -0.371. The summed E-state index contributed by atoms with van der Waals surface area (Å²) in [7, 11) is 0. The van der Waals surface area contributed by atoms with Crippen LogP contribution in [0.15, 0.2) is 0 Å². The lowest BCUT2D eigenvalue weighted by molar-refractivity contribution is -0.120. The summed E-state index contributed by atoms with van der Waals surface area (Å²) in [6, 6.07) is -0.985. The number of nitrogens with two attached hydrogens (primary N) is 1. The molecule has 0 unspecified atom stereocenters. The Balaban J connectivity index is 2.71. The van der Waals surface area contributed by atoms with E-state index in [2.05, 4.69) is 15.6 Å². The van der Waals surface area contributed by atoms with Crippen molar-refractivity contribution in [3.05, 3.63) is 11.4 Å². The van der Waals surface area contributed by atoms with Crippen molar-refractivity contribution >= 4 is 24.0 Å². The maximum Gasteiger partial charge on any atom is 0.407 e.